The van der Waals surface area contributed by atoms with Crippen LogP contribution in [0.1, 0.15) is 118 Å². The quantitative estimate of drug-likeness (QED) is 0.0735. The molecule has 466 valence electrons. The van der Waals surface area contributed by atoms with E-state index in [2.05, 4.69) is 37.9 Å². The molecule has 0 bridgehead atoms. The maximum absolute atomic E-state index is 14.0. The summed E-state index contributed by atoms with van der Waals surface area (Å²) in [5.41, 5.74) is 6.81. The predicted octanol–water partition coefficient (Wildman–Crippen LogP) is 12.5. The van der Waals surface area contributed by atoms with Gasteiger partial charge in [0.05, 0.1) is 11.1 Å². The van der Waals surface area contributed by atoms with E-state index in [1.807, 2.05) is 18.7 Å². The number of likely N-dealkylation sites (tertiary alicyclic amines) is 2. The minimum Gasteiger partial charge on any atom is -0.367 e. The number of rotatable bonds is 18. The molecule has 85 heavy (non-hydrogen) atoms. The number of hydrogen-bond donors (Lipinski definition) is 2. The molecule has 4 aliphatic heterocycles. The molecule has 13 nitrogen and oxygen atoms in total. The van der Waals surface area contributed by atoms with Crippen LogP contribution in [0, 0.1) is 11.8 Å². The second-order valence-electron chi connectivity index (χ2n) is 22.6. The third kappa shape index (κ3) is 18.4. The van der Waals surface area contributed by atoms with Crippen LogP contribution in [-0.2, 0) is 50.9 Å². The lowest BCUT2D eigenvalue weighted by molar-refractivity contribution is -0.145. The highest BCUT2D eigenvalue weighted by atomic mass is 35.5. The van der Waals surface area contributed by atoms with Crippen molar-refractivity contribution < 1.29 is 50.3 Å². The molecule has 0 saturated carbocycles. The molecule has 6 atom stereocenters. The Balaban J connectivity index is 0.000000250. The summed E-state index contributed by atoms with van der Waals surface area (Å²) in [5.74, 6) is 0.624. The van der Waals surface area contributed by atoms with Crippen LogP contribution in [0.3, 0.4) is 0 Å². The van der Waals surface area contributed by atoms with Gasteiger partial charge < -0.3 is 40.4 Å². The Morgan fingerprint density at radius 2 is 1.07 bits per heavy atom. The molecule has 3 N–H and O–H groups in total. The lowest BCUT2D eigenvalue weighted by Gasteiger charge is -2.44. The molecular formula is C62H78Cl4F6N8O5. The molecule has 0 spiro atoms. The monoisotopic (exact) mass is 1270 g/mol. The van der Waals surface area contributed by atoms with E-state index in [1.54, 1.807) is 62.1 Å². The van der Waals surface area contributed by atoms with Gasteiger partial charge >= 0.3 is 12.4 Å². The summed E-state index contributed by atoms with van der Waals surface area (Å²) in [5, 5.41) is 5.14. The van der Waals surface area contributed by atoms with E-state index in [1.165, 1.54) is 18.6 Å². The number of halogens is 10. The number of nitrogens with one attached hydrogen (secondary N) is 1. The lowest BCUT2D eigenvalue weighted by atomic mass is 10.0. The molecule has 4 aromatic carbocycles. The topological polar surface area (TPSA) is 143 Å². The number of carbonyl (C=O) groups is 5. The van der Waals surface area contributed by atoms with Gasteiger partial charge in [-0.3, -0.25) is 24.0 Å². The summed E-state index contributed by atoms with van der Waals surface area (Å²) in [6.45, 7) is 17.3. The average molecular weight is 1270 g/mol. The first kappa shape index (κ1) is 68.8. The fraction of sp³-hybridized carbons (Fsp3) is 0.532. The van der Waals surface area contributed by atoms with Crippen molar-refractivity contribution >= 4 is 87.7 Å². The number of carbonyl (C=O) groups excluding carboxylic acids is 5. The molecule has 0 aromatic heterocycles. The van der Waals surface area contributed by atoms with Crippen LogP contribution in [-0.4, -0.2) is 139 Å². The normalized spacial score (nSPS) is 19.0. The van der Waals surface area contributed by atoms with Crippen molar-refractivity contribution in [1.82, 2.24) is 24.9 Å². The number of piperazine rings is 2. The highest BCUT2D eigenvalue weighted by Gasteiger charge is 2.42. The molecule has 8 rings (SSSR count). The number of aldehydes is 1. The first-order chi connectivity index (χ1) is 40.2. The number of benzene rings is 4. The maximum atomic E-state index is 14.0. The van der Waals surface area contributed by atoms with Gasteiger partial charge in [0, 0.05) is 134 Å². The Labute approximate surface area is 515 Å². The molecule has 4 aromatic rings. The van der Waals surface area contributed by atoms with Crippen molar-refractivity contribution in [3.05, 3.63) is 126 Å². The molecule has 4 saturated heterocycles. The summed E-state index contributed by atoms with van der Waals surface area (Å²) in [6, 6.07) is 15.2. The molecule has 4 fully saturated rings. The summed E-state index contributed by atoms with van der Waals surface area (Å²) < 4.78 is 80.0. The van der Waals surface area contributed by atoms with Crippen molar-refractivity contribution in [2.75, 3.05) is 75.2 Å². The summed E-state index contributed by atoms with van der Waals surface area (Å²) in [7, 11) is 0. The van der Waals surface area contributed by atoms with Crippen molar-refractivity contribution in [3.8, 4) is 0 Å². The summed E-state index contributed by atoms with van der Waals surface area (Å²) in [4.78, 5) is 75.4. The van der Waals surface area contributed by atoms with Gasteiger partial charge in [-0.1, -0.05) is 99.1 Å². The van der Waals surface area contributed by atoms with Crippen LogP contribution in [0.25, 0.3) is 0 Å². The van der Waals surface area contributed by atoms with E-state index in [4.69, 9.17) is 52.1 Å². The highest BCUT2D eigenvalue weighted by molar-refractivity contribution is 6.35. The lowest BCUT2D eigenvalue weighted by Crippen LogP contribution is -2.59. The second kappa shape index (κ2) is 31.0. The molecule has 4 heterocycles. The Morgan fingerprint density at radius 1 is 0.624 bits per heavy atom. The van der Waals surface area contributed by atoms with E-state index in [-0.39, 0.29) is 60.7 Å². The van der Waals surface area contributed by atoms with Crippen LogP contribution in [0.15, 0.2) is 72.8 Å². The zero-order valence-corrected chi connectivity index (χ0v) is 52.0. The number of anilines is 2. The third-order valence-corrected chi connectivity index (χ3v) is 17.6. The molecular weight excluding hydrogens is 1190 g/mol. The Bertz CT molecular complexity index is 2950. The van der Waals surface area contributed by atoms with Crippen molar-refractivity contribution in [1.29, 1.82) is 0 Å². The minimum absolute atomic E-state index is 0.0518. The Morgan fingerprint density at radius 3 is 1.45 bits per heavy atom. The van der Waals surface area contributed by atoms with Crippen molar-refractivity contribution in [3.63, 3.8) is 0 Å². The SMILES string of the molecule is CC1CN(c2ccc(C(F)(F)F)cc2C=O)CCN1C(=O)[C@@H](Cc1ccc(Cl)cc1Cl)N1CCCC1=O.CCC(C)CN.CCC(C)CNCc1cc(C(F)(F)F)ccc1N1CCN(C(=O)[C@@H](Cc2ccc(Cl)cc2Cl)N2CCCC2=O)C(C)C1. The molecule has 4 unspecified atom stereocenters. The van der Waals surface area contributed by atoms with E-state index in [0.29, 0.717) is 140 Å². The standard InChI is InChI=1S/C31H39Cl2F3N4O2.C26H26Cl2F3N3O3.C5H13N/c1-4-20(2)17-37-18-23-14-24(31(34,35)36)8-10-27(23)38-12-13-39(21(3)19-38)30(42)28(40-11-5-6-29(40)41)15-22-7-9-25(32)16-26(22)33;1-16-14-32(22-7-5-19(26(29,30)31)11-18(22)15-35)9-10-33(16)25(37)23(34-8-2-3-24(34)36)12-17-4-6-20(27)13-21(17)28;1-3-5(2)4-6/h7-10,14,16,20-21,28,37H,4-6,11-13,15,17-19H2,1-3H3;4-7,11,13,15-16,23H,2-3,8-10,12,14H2,1H3;5H,3-4,6H2,1-2H3/t20?,21?,28-;16?,23-;/m11./s1. The minimum atomic E-state index is -4.55. The van der Waals surface area contributed by atoms with Gasteiger partial charge in [0.2, 0.25) is 23.6 Å². The van der Waals surface area contributed by atoms with Gasteiger partial charge in [-0.2, -0.15) is 26.3 Å². The van der Waals surface area contributed by atoms with Gasteiger partial charge in [-0.05, 0) is 129 Å². The van der Waals surface area contributed by atoms with E-state index in [0.717, 1.165) is 42.4 Å². The van der Waals surface area contributed by atoms with Gasteiger partial charge in [0.15, 0.2) is 6.29 Å². The number of nitrogens with zero attached hydrogens (tertiary/aromatic N) is 6. The predicted molar refractivity (Wildman–Crippen MR) is 325 cm³/mol. The fourth-order valence-corrected chi connectivity index (χ4v) is 11.9. The highest BCUT2D eigenvalue weighted by Crippen LogP contribution is 2.37. The smallest absolute Gasteiger partial charge is 0.367 e. The first-order valence-electron chi connectivity index (χ1n) is 29.0. The van der Waals surface area contributed by atoms with Gasteiger partial charge in [-0.15, -0.1) is 0 Å². The van der Waals surface area contributed by atoms with Crippen LogP contribution in [0.4, 0.5) is 37.7 Å². The van der Waals surface area contributed by atoms with E-state index < -0.39 is 35.6 Å². The number of hydrogen-bond acceptors (Lipinski definition) is 9. The number of nitrogens with two attached hydrogens (primary N) is 1. The van der Waals surface area contributed by atoms with Crippen LogP contribution in [0.2, 0.25) is 20.1 Å². The molecule has 4 amide bonds. The molecule has 4 aliphatic rings. The van der Waals surface area contributed by atoms with Gasteiger partial charge in [0.25, 0.3) is 0 Å². The summed E-state index contributed by atoms with van der Waals surface area (Å²) >= 11 is 24.9. The van der Waals surface area contributed by atoms with Crippen molar-refractivity contribution in [2.24, 2.45) is 17.6 Å². The fourth-order valence-electron chi connectivity index (χ4n) is 10.9. The second-order valence-corrected chi connectivity index (χ2v) is 24.3. The largest absolute Gasteiger partial charge is 0.416 e. The van der Waals surface area contributed by atoms with Crippen molar-refractivity contribution in [2.45, 2.75) is 136 Å². The average Bonchev–Trinajstić information content (AvgIpc) is 4.15. The first-order valence-corrected chi connectivity index (χ1v) is 30.5. The number of alkyl halides is 6. The number of amides is 4. The summed E-state index contributed by atoms with van der Waals surface area (Å²) in [6.07, 6.45) is -3.72. The third-order valence-electron chi connectivity index (χ3n) is 16.4. The zero-order chi connectivity index (χ0) is 62.5. The Kier molecular flexibility index (Phi) is 25.1. The van der Waals surface area contributed by atoms with Crippen LogP contribution in [0.5, 0.6) is 0 Å². The van der Waals surface area contributed by atoms with Crippen LogP contribution >= 0.6 is 46.4 Å². The zero-order valence-electron chi connectivity index (χ0n) is 49.0. The maximum Gasteiger partial charge on any atom is 0.416 e. The Hall–Kier alpha value is -5.31. The molecule has 23 heteroatoms. The molecule has 0 aliphatic carbocycles. The van der Waals surface area contributed by atoms with E-state index >= 15 is 0 Å². The van der Waals surface area contributed by atoms with Gasteiger partial charge in [0.1, 0.15) is 12.1 Å². The van der Waals surface area contributed by atoms with Crippen LogP contribution < -0.4 is 20.9 Å². The van der Waals surface area contributed by atoms with Gasteiger partial charge in [-0.25, -0.2) is 0 Å². The molecule has 0 radical (unpaired) electrons. The van der Waals surface area contributed by atoms with E-state index in [9.17, 15) is 50.3 Å².